The van der Waals surface area contributed by atoms with E-state index in [1.807, 2.05) is 12.1 Å². The number of nitrogens with one attached hydrogen (secondary N) is 1. The van der Waals surface area contributed by atoms with Gasteiger partial charge in [0.2, 0.25) is 0 Å². The molecule has 0 heterocycles. The highest BCUT2D eigenvalue weighted by molar-refractivity contribution is 6.30. The van der Waals surface area contributed by atoms with Gasteiger partial charge in [0.05, 0.1) is 6.21 Å². The lowest BCUT2D eigenvalue weighted by Crippen LogP contribution is -2.28. The number of hydrogen-bond acceptors (Lipinski definition) is 3. The second-order valence-electron chi connectivity index (χ2n) is 5.27. The second-order valence-corrected chi connectivity index (χ2v) is 5.70. The Kier molecular flexibility index (Phi) is 6.97. The number of hydrogen-bond donors (Lipinski definition) is 1. The summed E-state index contributed by atoms with van der Waals surface area (Å²) in [6.07, 6.45) is 9.67. The van der Waals surface area contributed by atoms with Crippen LogP contribution in [0.5, 0.6) is 0 Å². The fourth-order valence-corrected chi connectivity index (χ4v) is 2.41. The van der Waals surface area contributed by atoms with Crippen molar-refractivity contribution in [3.63, 3.8) is 0 Å². The molecule has 1 aromatic carbocycles. The van der Waals surface area contributed by atoms with Crippen molar-refractivity contribution in [3.8, 4) is 0 Å². The first-order valence-electron chi connectivity index (χ1n) is 7.59. The van der Waals surface area contributed by atoms with Crippen molar-refractivity contribution in [3.05, 3.63) is 46.5 Å². The summed E-state index contributed by atoms with van der Waals surface area (Å²) in [5.41, 5.74) is 2.32. The molecule has 0 aromatic heterocycles. The van der Waals surface area contributed by atoms with Gasteiger partial charge in [-0.1, -0.05) is 40.5 Å². The zero-order valence-electron chi connectivity index (χ0n) is 12.6. The number of halogens is 1. The molecule has 0 radical (unpaired) electrons. The molecular weight excluding hydrogens is 300 g/mol. The first kappa shape index (κ1) is 16.6. The van der Waals surface area contributed by atoms with Crippen molar-refractivity contribution < 1.29 is 9.63 Å². The predicted molar refractivity (Wildman–Crippen MR) is 89.2 cm³/mol. The summed E-state index contributed by atoms with van der Waals surface area (Å²) in [6.45, 7) is 0.595. The maximum absolute atomic E-state index is 11.6. The Labute approximate surface area is 136 Å². The van der Waals surface area contributed by atoms with E-state index < -0.39 is 0 Å². The zero-order chi connectivity index (χ0) is 15.6. The maximum atomic E-state index is 11.6. The highest BCUT2D eigenvalue weighted by Gasteiger charge is 2.05. The lowest BCUT2D eigenvalue weighted by Gasteiger charge is -2.12. The van der Waals surface area contributed by atoms with Crippen molar-refractivity contribution in [2.75, 3.05) is 13.2 Å². The SMILES string of the molecule is O=C(CO/N=C/c1ccc(Cl)cc1)NCCC1=CCCCC1. The number of carbonyl (C=O) groups is 1. The molecule has 5 heteroatoms. The van der Waals surface area contributed by atoms with Crippen molar-refractivity contribution in [1.82, 2.24) is 5.32 Å². The topological polar surface area (TPSA) is 50.7 Å². The maximum Gasteiger partial charge on any atom is 0.260 e. The van der Waals surface area contributed by atoms with Crippen LogP contribution in [0.25, 0.3) is 0 Å². The molecular formula is C17H21ClN2O2. The molecule has 1 amide bonds. The predicted octanol–water partition coefficient (Wildman–Crippen LogP) is 3.70. The van der Waals surface area contributed by atoms with E-state index >= 15 is 0 Å². The highest BCUT2D eigenvalue weighted by atomic mass is 35.5. The molecule has 1 aliphatic rings. The fraction of sp³-hybridized carbons (Fsp3) is 0.412. The third-order valence-electron chi connectivity index (χ3n) is 3.50. The van der Waals surface area contributed by atoms with Crippen molar-refractivity contribution in [2.45, 2.75) is 32.1 Å². The van der Waals surface area contributed by atoms with Crippen molar-refractivity contribution in [1.29, 1.82) is 0 Å². The van der Waals surface area contributed by atoms with Crippen LogP contribution in [0.2, 0.25) is 5.02 Å². The standard InChI is InChI=1S/C17H21ClN2O2/c18-16-8-6-15(7-9-16)12-20-22-13-17(21)19-11-10-14-4-2-1-3-5-14/h4,6-9,12H,1-3,5,10-11,13H2,(H,19,21)/b20-12+. The van der Waals surface area contributed by atoms with Gasteiger partial charge >= 0.3 is 0 Å². The number of allylic oxidation sites excluding steroid dienone is 1. The highest BCUT2D eigenvalue weighted by Crippen LogP contribution is 2.19. The van der Waals surface area contributed by atoms with Gasteiger partial charge in [-0.3, -0.25) is 4.79 Å². The summed E-state index contributed by atoms with van der Waals surface area (Å²) in [7, 11) is 0. The molecule has 0 spiro atoms. The van der Waals surface area contributed by atoms with E-state index in [9.17, 15) is 4.79 Å². The van der Waals surface area contributed by atoms with Gasteiger partial charge in [-0.05, 0) is 49.8 Å². The lowest BCUT2D eigenvalue weighted by molar-refractivity contribution is -0.125. The minimum absolute atomic E-state index is 0.0663. The Bertz CT molecular complexity index is 538. The quantitative estimate of drug-likeness (QED) is 0.473. The molecule has 0 fully saturated rings. The van der Waals surface area contributed by atoms with Crippen LogP contribution in [0.3, 0.4) is 0 Å². The first-order chi connectivity index (χ1) is 10.7. The van der Waals surface area contributed by atoms with Gasteiger partial charge in [-0.2, -0.15) is 0 Å². The van der Waals surface area contributed by atoms with Crippen LogP contribution in [-0.2, 0) is 9.63 Å². The van der Waals surface area contributed by atoms with Gasteiger partial charge in [0.25, 0.3) is 5.91 Å². The Balaban J connectivity index is 1.59. The average Bonchev–Trinajstić information content (AvgIpc) is 2.54. The van der Waals surface area contributed by atoms with Gasteiger partial charge in [-0.25, -0.2) is 0 Å². The molecule has 0 aliphatic heterocycles. The summed E-state index contributed by atoms with van der Waals surface area (Å²) >= 11 is 5.79. The number of benzene rings is 1. The van der Waals surface area contributed by atoms with Gasteiger partial charge in [0.15, 0.2) is 6.61 Å². The molecule has 1 N–H and O–H groups in total. The minimum atomic E-state index is -0.148. The van der Waals surface area contributed by atoms with Gasteiger partial charge in [0, 0.05) is 11.6 Å². The average molecular weight is 321 g/mol. The van der Waals surface area contributed by atoms with Gasteiger partial charge in [0.1, 0.15) is 0 Å². The molecule has 0 saturated carbocycles. The van der Waals surface area contributed by atoms with Crippen LogP contribution in [0.1, 0.15) is 37.7 Å². The van der Waals surface area contributed by atoms with E-state index in [2.05, 4.69) is 16.5 Å². The van der Waals surface area contributed by atoms with Crippen LogP contribution >= 0.6 is 11.6 Å². The van der Waals surface area contributed by atoms with Crippen LogP contribution in [0, 0.1) is 0 Å². The van der Waals surface area contributed by atoms with E-state index in [0.717, 1.165) is 18.4 Å². The van der Waals surface area contributed by atoms with Crippen molar-refractivity contribution >= 4 is 23.7 Å². The van der Waals surface area contributed by atoms with Gasteiger partial charge < -0.3 is 10.2 Å². The van der Waals surface area contributed by atoms with Crippen LogP contribution in [0.4, 0.5) is 0 Å². The number of rotatable bonds is 7. The molecule has 1 aliphatic carbocycles. The Hall–Kier alpha value is -1.81. The Morgan fingerprint density at radius 1 is 1.32 bits per heavy atom. The monoisotopic (exact) mass is 320 g/mol. The molecule has 0 bridgehead atoms. The lowest BCUT2D eigenvalue weighted by atomic mass is 9.97. The molecule has 22 heavy (non-hydrogen) atoms. The number of nitrogens with zero attached hydrogens (tertiary/aromatic N) is 1. The van der Waals surface area contributed by atoms with E-state index in [4.69, 9.17) is 16.4 Å². The third-order valence-corrected chi connectivity index (χ3v) is 3.75. The molecule has 0 atom stereocenters. The fourth-order valence-electron chi connectivity index (χ4n) is 2.29. The summed E-state index contributed by atoms with van der Waals surface area (Å²) in [4.78, 5) is 16.6. The third kappa shape index (κ3) is 6.31. The molecule has 1 aromatic rings. The second kappa shape index (κ2) is 9.26. The van der Waals surface area contributed by atoms with E-state index in [0.29, 0.717) is 11.6 Å². The normalized spacial score (nSPS) is 14.7. The van der Waals surface area contributed by atoms with Crippen LogP contribution in [-0.4, -0.2) is 25.3 Å². The van der Waals surface area contributed by atoms with Crippen LogP contribution in [0.15, 0.2) is 41.1 Å². The zero-order valence-corrected chi connectivity index (χ0v) is 13.3. The van der Waals surface area contributed by atoms with Gasteiger partial charge in [-0.15, -0.1) is 0 Å². The van der Waals surface area contributed by atoms with E-state index in [-0.39, 0.29) is 12.5 Å². The van der Waals surface area contributed by atoms with E-state index in [1.165, 1.54) is 24.8 Å². The molecule has 2 rings (SSSR count). The number of amides is 1. The Morgan fingerprint density at radius 2 is 2.14 bits per heavy atom. The molecule has 0 saturated heterocycles. The molecule has 118 valence electrons. The molecule has 4 nitrogen and oxygen atoms in total. The smallest absolute Gasteiger partial charge is 0.260 e. The van der Waals surface area contributed by atoms with Crippen LogP contribution < -0.4 is 5.32 Å². The summed E-state index contributed by atoms with van der Waals surface area (Å²) in [6, 6.07) is 7.20. The number of carbonyl (C=O) groups excluding carboxylic acids is 1. The largest absolute Gasteiger partial charge is 0.386 e. The summed E-state index contributed by atoms with van der Waals surface area (Å²) in [5, 5.41) is 7.28. The number of oxime groups is 1. The minimum Gasteiger partial charge on any atom is -0.386 e. The summed E-state index contributed by atoms with van der Waals surface area (Å²) < 4.78 is 0. The molecule has 0 unspecified atom stereocenters. The Morgan fingerprint density at radius 3 is 2.86 bits per heavy atom. The van der Waals surface area contributed by atoms with E-state index in [1.54, 1.807) is 18.3 Å². The van der Waals surface area contributed by atoms with Crippen molar-refractivity contribution in [2.24, 2.45) is 5.16 Å². The summed E-state index contributed by atoms with van der Waals surface area (Å²) in [5.74, 6) is -0.148. The first-order valence-corrected chi connectivity index (χ1v) is 7.97.